The van der Waals surface area contributed by atoms with Crippen molar-refractivity contribution in [2.45, 2.75) is 77.0 Å². The average molecular weight is 194 g/mol. The zero-order valence-corrected chi connectivity index (χ0v) is 9.64. The Morgan fingerprint density at radius 1 is 0.357 bits per heavy atom. The van der Waals surface area contributed by atoms with Gasteiger partial charge in [-0.1, -0.05) is 63.5 Å². The van der Waals surface area contributed by atoms with E-state index in [1.54, 1.807) is 0 Å². The Hall–Kier alpha value is -0.260. The fourth-order valence-corrected chi connectivity index (χ4v) is 2.17. The molecule has 0 aromatic rings. The molecule has 2 rings (SSSR count). The first kappa shape index (κ1) is 11.8. The van der Waals surface area contributed by atoms with Crippen LogP contribution >= 0.6 is 0 Å². The van der Waals surface area contributed by atoms with Crippen molar-refractivity contribution in [3.8, 4) is 0 Å². The van der Waals surface area contributed by atoms with E-state index in [0.717, 1.165) is 0 Å². The third-order valence-electron chi connectivity index (χ3n) is 3.16. The van der Waals surface area contributed by atoms with Gasteiger partial charge in [-0.25, -0.2) is 0 Å². The second-order valence-corrected chi connectivity index (χ2v) is 4.58. The zero-order chi connectivity index (χ0) is 9.90. The van der Waals surface area contributed by atoms with Gasteiger partial charge in [-0.2, -0.15) is 0 Å². The summed E-state index contributed by atoms with van der Waals surface area (Å²) in [6, 6.07) is 0. The molecule has 82 valence electrons. The molecule has 0 aliphatic heterocycles. The van der Waals surface area contributed by atoms with Crippen molar-refractivity contribution in [3.63, 3.8) is 0 Å². The normalized spacial score (nSPS) is 22.9. The Morgan fingerprint density at radius 3 is 1.00 bits per heavy atom. The molecule has 0 spiro atoms. The molecule has 0 unspecified atom stereocenters. The summed E-state index contributed by atoms with van der Waals surface area (Å²) in [5.74, 6) is 0. The van der Waals surface area contributed by atoms with Crippen molar-refractivity contribution in [1.29, 1.82) is 0 Å². The molecule has 0 amide bonds. The van der Waals surface area contributed by atoms with Crippen LogP contribution in [0.5, 0.6) is 0 Å². The Morgan fingerprint density at radius 2 is 0.643 bits per heavy atom. The Kier molecular flexibility index (Phi) is 7.85. The van der Waals surface area contributed by atoms with Gasteiger partial charge < -0.3 is 0 Å². The van der Waals surface area contributed by atoms with E-state index >= 15 is 0 Å². The highest BCUT2D eigenvalue weighted by molar-refractivity contribution is 4.83. The standard InChI is InChI=1S/C7H14.C7H12/c2*1-2-4-6-7-5-3-1/h1-7H2;1-2H,3-7H2. The number of allylic oxidation sites excluding steroid dienone is 2. The third-order valence-corrected chi connectivity index (χ3v) is 3.16. The van der Waals surface area contributed by atoms with Crippen LogP contribution in [0.3, 0.4) is 0 Å². The quantitative estimate of drug-likeness (QED) is 0.365. The van der Waals surface area contributed by atoms with E-state index < -0.39 is 0 Å². The third kappa shape index (κ3) is 7.17. The second kappa shape index (κ2) is 9.30. The molecule has 0 aromatic heterocycles. The Balaban J connectivity index is 0.000000140. The largest absolute Gasteiger partial charge is 0.0885 e. The van der Waals surface area contributed by atoms with Gasteiger partial charge in [0.2, 0.25) is 0 Å². The second-order valence-electron chi connectivity index (χ2n) is 4.58. The molecule has 2 aliphatic carbocycles. The molecule has 0 N–H and O–H groups in total. The molecule has 14 heavy (non-hydrogen) atoms. The predicted molar refractivity (Wildman–Crippen MR) is 64.5 cm³/mol. The van der Waals surface area contributed by atoms with Crippen molar-refractivity contribution in [3.05, 3.63) is 12.2 Å². The molecule has 0 radical (unpaired) electrons. The first-order valence-corrected chi connectivity index (χ1v) is 6.65. The molecule has 0 heterocycles. The predicted octanol–water partition coefficient (Wildman–Crippen LogP) is 5.24. The first-order valence-electron chi connectivity index (χ1n) is 6.65. The van der Waals surface area contributed by atoms with E-state index in [-0.39, 0.29) is 0 Å². The van der Waals surface area contributed by atoms with Gasteiger partial charge in [0, 0.05) is 0 Å². The average Bonchev–Trinajstić information content (AvgIpc) is 2.68. The molecular formula is C14H26. The van der Waals surface area contributed by atoms with Crippen molar-refractivity contribution in [1.82, 2.24) is 0 Å². The highest BCUT2D eigenvalue weighted by Crippen LogP contribution is 2.15. The van der Waals surface area contributed by atoms with Crippen LogP contribution in [0.4, 0.5) is 0 Å². The van der Waals surface area contributed by atoms with Gasteiger partial charge >= 0.3 is 0 Å². The van der Waals surface area contributed by atoms with Gasteiger partial charge in [-0.3, -0.25) is 0 Å². The summed E-state index contributed by atoms with van der Waals surface area (Å²) in [7, 11) is 0. The molecule has 0 saturated heterocycles. The maximum absolute atomic E-state index is 2.30. The zero-order valence-electron chi connectivity index (χ0n) is 9.64. The molecule has 0 aromatic carbocycles. The lowest BCUT2D eigenvalue weighted by Gasteiger charge is -1.86. The van der Waals surface area contributed by atoms with E-state index in [4.69, 9.17) is 0 Å². The summed E-state index contributed by atoms with van der Waals surface area (Å²) in [6.07, 6.45) is 22.0. The van der Waals surface area contributed by atoms with Crippen LogP contribution in [0.2, 0.25) is 0 Å². The van der Waals surface area contributed by atoms with Crippen LogP contribution in [0.25, 0.3) is 0 Å². The van der Waals surface area contributed by atoms with Crippen LogP contribution in [-0.2, 0) is 0 Å². The van der Waals surface area contributed by atoms with E-state index in [0.29, 0.717) is 0 Å². The molecule has 2 aliphatic rings. The minimum atomic E-state index is 1.32. The summed E-state index contributed by atoms with van der Waals surface area (Å²) in [5, 5.41) is 0. The molecule has 1 saturated carbocycles. The van der Waals surface area contributed by atoms with Gasteiger partial charge in [-0.05, 0) is 25.7 Å². The monoisotopic (exact) mass is 194 g/mol. The highest BCUT2D eigenvalue weighted by Gasteiger charge is 1.95. The van der Waals surface area contributed by atoms with Crippen molar-refractivity contribution >= 4 is 0 Å². The van der Waals surface area contributed by atoms with Gasteiger partial charge in [0.25, 0.3) is 0 Å². The summed E-state index contributed by atoms with van der Waals surface area (Å²) in [5.41, 5.74) is 0. The minimum Gasteiger partial charge on any atom is -0.0885 e. The lowest BCUT2D eigenvalue weighted by Crippen LogP contribution is -1.67. The molecule has 0 heteroatoms. The van der Waals surface area contributed by atoms with Crippen LogP contribution in [0.1, 0.15) is 77.0 Å². The lowest BCUT2D eigenvalue weighted by atomic mass is 10.2. The number of hydrogen-bond acceptors (Lipinski definition) is 0. The van der Waals surface area contributed by atoms with Crippen molar-refractivity contribution < 1.29 is 0 Å². The topological polar surface area (TPSA) is 0 Å². The van der Waals surface area contributed by atoms with Gasteiger partial charge in [0.1, 0.15) is 0 Å². The maximum atomic E-state index is 2.30. The SMILES string of the molecule is C1=CCCCCC1.C1CCCCCC1. The number of rotatable bonds is 0. The van der Waals surface area contributed by atoms with Crippen molar-refractivity contribution in [2.24, 2.45) is 0 Å². The van der Waals surface area contributed by atoms with Gasteiger partial charge in [0.05, 0.1) is 0 Å². The summed E-state index contributed by atoms with van der Waals surface area (Å²) >= 11 is 0. The molecular weight excluding hydrogens is 168 g/mol. The summed E-state index contributed by atoms with van der Waals surface area (Å²) in [4.78, 5) is 0. The Labute approximate surface area is 89.8 Å². The van der Waals surface area contributed by atoms with Crippen LogP contribution in [0.15, 0.2) is 12.2 Å². The smallest absolute Gasteiger partial charge is 0.0351 e. The van der Waals surface area contributed by atoms with E-state index in [2.05, 4.69) is 12.2 Å². The van der Waals surface area contributed by atoms with E-state index in [1.807, 2.05) is 0 Å². The lowest BCUT2D eigenvalue weighted by molar-refractivity contribution is 0.702. The molecule has 0 nitrogen and oxygen atoms in total. The van der Waals surface area contributed by atoms with E-state index in [1.165, 1.54) is 77.0 Å². The van der Waals surface area contributed by atoms with Crippen LogP contribution in [0, 0.1) is 0 Å². The summed E-state index contributed by atoms with van der Waals surface area (Å²) in [6.45, 7) is 0. The van der Waals surface area contributed by atoms with E-state index in [9.17, 15) is 0 Å². The van der Waals surface area contributed by atoms with Gasteiger partial charge in [0.15, 0.2) is 0 Å². The van der Waals surface area contributed by atoms with Crippen LogP contribution < -0.4 is 0 Å². The molecule has 0 bridgehead atoms. The molecule has 1 fully saturated rings. The fraction of sp³-hybridized carbons (Fsp3) is 0.857. The van der Waals surface area contributed by atoms with Crippen molar-refractivity contribution in [2.75, 3.05) is 0 Å². The van der Waals surface area contributed by atoms with Crippen LogP contribution in [-0.4, -0.2) is 0 Å². The fourth-order valence-electron chi connectivity index (χ4n) is 2.17. The maximum Gasteiger partial charge on any atom is -0.0351 e. The highest BCUT2D eigenvalue weighted by atomic mass is 14.0. The number of hydrogen-bond donors (Lipinski definition) is 0. The molecule has 0 atom stereocenters. The van der Waals surface area contributed by atoms with Gasteiger partial charge in [-0.15, -0.1) is 0 Å². The summed E-state index contributed by atoms with van der Waals surface area (Å²) < 4.78 is 0. The first-order chi connectivity index (χ1) is 7.00. The minimum absolute atomic E-state index is 1.32. The Bertz CT molecular complexity index is 107.